The zero-order valence-electron chi connectivity index (χ0n) is 46.6. The first-order valence-corrected chi connectivity index (χ1v) is 28.7. The molecule has 0 aromatic carbocycles. The minimum absolute atomic E-state index is 0.000103. The van der Waals surface area contributed by atoms with Crippen molar-refractivity contribution in [1.82, 2.24) is 0 Å². The zero-order valence-corrected chi connectivity index (χ0v) is 46.6. The van der Waals surface area contributed by atoms with E-state index in [4.69, 9.17) is 33.2 Å². The SMILES string of the molecule is CC[C@H]1O[C@H](OC[C@H]2O[C@@H](O[C@H](CC[C@@H](C)C3CC[C@@]4(C)C5CC=C6C(CC[C@H](O[C@@H]7C[C@H](CO)[C@@H](O)[C@H](O)[C@H]7O)C6(C)C)[C@]5(C)CC[C@]34C)C(C)(C)O)[C@H](O[C@@H]3O[C@H](CO)[C@@H](O)[C@H](O)[C@H]3O)[C@@H](O)[C@@H]2O)[C@H](O)[C@@H](O)[C@@H]1O. The van der Waals surface area contributed by atoms with E-state index in [2.05, 4.69) is 47.6 Å². The molecule has 0 aromatic heterocycles. The predicted octanol–water partition coefficient (Wildman–Crippen LogP) is -0.121. The van der Waals surface area contributed by atoms with Gasteiger partial charge in [0.05, 0.1) is 49.3 Å². The minimum Gasteiger partial charge on any atom is -0.396 e. The summed E-state index contributed by atoms with van der Waals surface area (Å²) in [5.41, 5.74) is -0.507. The van der Waals surface area contributed by atoms with Gasteiger partial charge in [0.2, 0.25) is 0 Å². The first-order chi connectivity index (χ1) is 36.0. The Kier molecular flexibility index (Phi) is 18.9. The van der Waals surface area contributed by atoms with Crippen molar-refractivity contribution in [2.45, 2.75) is 267 Å². The molecule has 0 amide bonds. The highest BCUT2D eigenvalue weighted by molar-refractivity contribution is 5.30. The summed E-state index contributed by atoms with van der Waals surface area (Å²) >= 11 is 0. The fraction of sp³-hybridized carbons (Fsp3) is 0.964. The van der Waals surface area contributed by atoms with Gasteiger partial charge in [-0.15, -0.1) is 0 Å². The molecule has 3 aliphatic heterocycles. The van der Waals surface area contributed by atoms with Gasteiger partial charge in [0.15, 0.2) is 18.9 Å². The lowest BCUT2D eigenvalue weighted by Gasteiger charge is -2.66. The minimum atomic E-state index is -1.88. The molecule has 21 heteroatoms. The zero-order chi connectivity index (χ0) is 56.6. The van der Waals surface area contributed by atoms with E-state index in [0.29, 0.717) is 30.6 Å². The summed E-state index contributed by atoms with van der Waals surface area (Å²) in [6, 6.07) is 0. The van der Waals surface area contributed by atoms with Gasteiger partial charge >= 0.3 is 0 Å². The normalized spacial score (nSPS) is 51.0. The highest BCUT2D eigenvalue weighted by atomic mass is 16.8. The van der Waals surface area contributed by atoms with Crippen LogP contribution in [0, 0.1) is 51.2 Å². The number of fused-ring (bicyclic) bond motifs is 5. The van der Waals surface area contributed by atoms with Crippen LogP contribution in [-0.2, 0) is 33.2 Å². The summed E-state index contributed by atoms with van der Waals surface area (Å²) in [6.07, 6.45) is -19.1. The van der Waals surface area contributed by atoms with E-state index in [9.17, 15) is 71.5 Å². The lowest BCUT2D eigenvalue weighted by molar-refractivity contribution is -0.380. The van der Waals surface area contributed by atoms with Gasteiger partial charge in [-0.05, 0) is 124 Å². The Morgan fingerprint density at radius 1 is 0.636 bits per heavy atom. The Hall–Kier alpha value is -1.10. The lowest BCUT2D eigenvalue weighted by Crippen LogP contribution is -2.65. The number of aliphatic hydroxyl groups excluding tert-OH is 13. The Morgan fingerprint density at radius 3 is 1.88 bits per heavy atom. The molecule has 8 rings (SSSR count). The van der Waals surface area contributed by atoms with Crippen LogP contribution in [0.2, 0.25) is 0 Å². The highest BCUT2D eigenvalue weighted by Gasteiger charge is 2.68. The van der Waals surface area contributed by atoms with Gasteiger partial charge in [0.1, 0.15) is 79.4 Å². The number of aliphatic hydroxyl groups is 14. The fourth-order valence-electron chi connectivity index (χ4n) is 16.2. The molecule has 3 heterocycles. The second kappa shape index (κ2) is 23.5. The molecule has 5 aliphatic carbocycles. The van der Waals surface area contributed by atoms with Gasteiger partial charge in [0.25, 0.3) is 0 Å². The van der Waals surface area contributed by atoms with Crippen LogP contribution < -0.4 is 0 Å². The van der Waals surface area contributed by atoms with Crippen molar-refractivity contribution in [3.05, 3.63) is 11.6 Å². The molecule has 0 radical (unpaired) electrons. The third kappa shape index (κ3) is 11.2. The van der Waals surface area contributed by atoms with Crippen molar-refractivity contribution < 1.29 is 105 Å². The van der Waals surface area contributed by atoms with E-state index in [-0.39, 0.29) is 53.1 Å². The van der Waals surface area contributed by atoms with E-state index in [1.165, 1.54) is 5.57 Å². The molecule has 29 atom stereocenters. The van der Waals surface area contributed by atoms with Crippen LogP contribution in [0.5, 0.6) is 0 Å². The standard InChI is InChI=1S/C56H96O21/c1-10-30-38(60)43(65)46(68)49(73-30)71-24-33-41(63)45(67)48(77-50-47(69)44(66)40(62)32(23-58)74-50)51(75-33)76-36(53(5,6)70)15-11-25(2)27-17-18-56(9)34-14-12-28-29(54(34,7)19-20-55(27,56)8)13-16-35(52(28,3)4)72-31-21-26(22-57)37(59)42(64)39(31)61/h12,25-27,29-51,57-70H,10-11,13-24H2,1-9H3/t25-,26-,27?,29?,30-,31-,32-,33-,34?,35+,36-,37-,38-,39+,40-,41-,42+,43+,44+,45+,46-,47-,48-,49+,50+,51+,54+,55-,56+/m1/s1. The maximum absolute atomic E-state index is 11.8. The van der Waals surface area contributed by atoms with Crippen LogP contribution in [0.1, 0.15) is 133 Å². The van der Waals surface area contributed by atoms with Gasteiger partial charge in [-0.1, -0.05) is 60.1 Å². The van der Waals surface area contributed by atoms with Gasteiger partial charge in [-0.25, -0.2) is 0 Å². The highest BCUT2D eigenvalue weighted by Crippen LogP contribution is 2.75. The van der Waals surface area contributed by atoms with Crippen LogP contribution in [0.25, 0.3) is 0 Å². The molecule has 77 heavy (non-hydrogen) atoms. The molecular weight excluding hydrogens is 1010 g/mol. The molecule has 14 N–H and O–H groups in total. The van der Waals surface area contributed by atoms with Gasteiger partial charge in [-0.2, -0.15) is 0 Å². The Bertz CT molecular complexity index is 1980. The van der Waals surface area contributed by atoms with E-state index in [0.717, 1.165) is 44.9 Å². The van der Waals surface area contributed by atoms with Crippen molar-refractivity contribution >= 4 is 0 Å². The average molecular weight is 1110 g/mol. The molecular formula is C56H96O21. The molecule has 3 saturated heterocycles. The average Bonchev–Trinajstić information content (AvgIpc) is 3.77. The number of rotatable bonds is 17. The van der Waals surface area contributed by atoms with Crippen molar-refractivity contribution in [3.63, 3.8) is 0 Å². The fourth-order valence-corrected chi connectivity index (χ4v) is 16.2. The van der Waals surface area contributed by atoms with E-state index < -0.39 is 147 Å². The van der Waals surface area contributed by atoms with E-state index in [1.807, 2.05) is 0 Å². The quantitative estimate of drug-likeness (QED) is 0.0844. The van der Waals surface area contributed by atoms with E-state index in [1.54, 1.807) is 20.8 Å². The van der Waals surface area contributed by atoms with Gasteiger partial charge in [0, 0.05) is 17.9 Å². The summed E-state index contributed by atoms with van der Waals surface area (Å²) in [7, 11) is 0. The molecule has 0 aromatic rings. The number of ether oxygens (including phenoxy) is 7. The summed E-state index contributed by atoms with van der Waals surface area (Å²) in [4.78, 5) is 0. The largest absolute Gasteiger partial charge is 0.396 e. The molecule has 4 saturated carbocycles. The molecule has 21 nitrogen and oxygen atoms in total. The Balaban J connectivity index is 0.973. The summed E-state index contributed by atoms with van der Waals surface area (Å²) in [5, 5.41) is 151. The first kappa shape index (κ1) is 62.0. The first-order valence-electron chi connectivity index (χ1n) is 28.7. The summed E-state index contributed by atoms with van der Waals surface area (Å²) < 4.78 is 42.8. The number of allylic oxidation sites excluding steroid dienone is 1. The topological polar surface area (TPSA) is 348 Å². The molecule has 7 fully saturated rings. The van der Waals surface area contributed by atoms with Crippen molar-refractivity contribution in [3.8, 4) is 0 Å². The lowest BCUT2D eigenvalue weighted by atomic mass is 9.39. The van der Waals surface area contributed by atoms with Crippen LogP contribution in [0.4, 0.5) is 0 Å². The molecule has 0 bridgehead atoms. The van der Waals surface area contributed by atoms with Crippen LogP contribution in [0.15, 0.2) is 11.6 Å². The summed E-state index contributed by atoms with van der Waals surface area (Å²) in [6.45, 7) is 17.4. The van der Waals surface area contributed by atoms with Gasteiger partial charge in [-0.3, -0.25) is 0 Å². The van der Waals surface area contributed by atoms with E-state index >= 15 is 0 Å². The Labute approximate surface area is 453 Å². The van der Waals surface area contributed by atoms with Crippen molar-refractivity contribution in [1.29, 1.82) is 0 Å². The summed E-state index contributed by atoms with van der Waals surface area (Å²) in [5.74, 6) is 0.624. The van der Waals surface area contributed by atoms with Gasteiger partial charge < -0.3 is 105 Å². The van der Waals surface area contributed by atoms with Crippen LogP contribution in [0.3, 0.4) is 0 Å². The molecule has 446 valence electrons. The monoisotopic (exact) mass is 1100 g/mol. The van der Waals surface area contributed by atoms with Crippen molar-refractivity contribution in [2.75, 3.05) is 19.8 Å². The van der Waals surface area contributed by atoms with Crippen molar-refractivity contribution in [2.24, 2.45) is 51.2 Å². The smallest absolute Gasteiger partial charge is 0.187 e. The second-order valence-electron chi connectivity index (χ2n) is 26.5. The molecule has 3 unspecified atom stereocenters. The maximum Gasteiger partial charge on any atom is 0.187 e. The predicted molar refractivity (Wildman–Crippen MR) is 273 cm³/mol. The second-order valence-corrected chi connectivity index (χ2v) is 26.5. The van der Waals surface area contributed by atoms with Crippen LogP contribution in [-0.4, -0.2) is 226 Å². The maximum atomic E-state index is 11.8. The third-order valence-corrected chi connectivity index (χ3v) is 21.5. The molecule has 0 spiro atoms. The van der Waals surface area contributed by atoms with Crippen LogP contribution >= 0.6 is 0 Å². The Morgan fingerprint density at radius 2 is 1.25 bits per heavy atom. The molecule has 8 aliphatic rings. The number of hydrogen-bond donors (Lipinski definition) is 14. The number of hydrogen-bond acceptors (Lipinski definition) is 21. The third-order valence-electron chi connectivity index (χ3n) is 21.5.